The van der Waals surface area contributed by atoms with Crippen LogP contribution in [0, 0.1) is 6.92 Å². The summed E-state index contributed by atoms with van der Waals surface area (Å²) in [5.74, 6) is 0.584. The lowest BCUT2D eigenvalue weighted by Gasteiger charge is -2.19. The molecule has 0 amide bonds. The van der Waals surface area contributed by atoms with Gasteiger partial charge in [-0.3, -0.25) is 0 Å². The molecule has 0 radical (unpaired) electrons. The molecule has 6 heteroatoms. The smallest absolute Gasteiger partial charge is 0.240 e. The summed E-state index contributed by atoms with van der Waals surface area (Å²) in [7, 11) is -3.58. The van der Waals surface area contributed by atoms with Crippen molar-refractivity contribution in [1.82, 2.24) is 9.29 Å². The fraction of sp³-hybridized carbons (Fsp3) is 0.158. The number of fused-ring (bicyclic) bond motifs is 2. The molecule has 4 rings (SSSR count). The van der Waals surface area contributed by atoms with Gasteiger partial charge in [-0.1, -0.05) is 35.9 Å². The Morgan fingerprint density at radius 2 is 1.80 bits per heavy atom. The summed E-state index contributed by atoms with van der Waals surface area (Å²) in [5, 5.41) is 0.978. The van der Waals surface area contributed by atoms with Gasteiger partial charge >= 0.3 is 0 Å². The third-order valence-electron chi connectivity index (χ3n) is 4.28. The maximum Gasteiger partial charge on any atom is 0.243 e. The number of sulfonamides is 1. The van der Waals surface area contributed by atoms with E-state index in [2.05, 4.69) is 9.98 Å². The lowest BCUT2D eigenvalue weighted by molar-refractivity contribution is 0.451. The number of rotatable bonds is 2. The third-order valence-corrected chi connectivity index (χ3v) is 6.11. The van der Waals surface area contributed by atoms with Gasteiger partial charge in [0.2, 0.25) is 10.0 Å². The van der Waals surface area contributed by atoms with Crippen LogP contribution in [-0.2, 0) is 16.6 Å². The number of aryl methyl sites for hydroxylation is 1. The van der Waals surface area contributed by atoms with Gasteiger partial charge in [0.05, 0.1) is 10.4 Å². The van der Waals surface area contributed by atoms with Gasteiger partial charge in [-0.15, -0.1) is 0 Å². The Kier molecular flexibility index (Phi) is 3.86. The molecule has 1 aliphatic heterocycles. The fourth-order valence-electron chi connectivity index (χ4n) is 2.89. The van der Waals surface area contributed by atoms with Crippen molar-refractivity contribution < 1.29 is 8.42 Å². The molecule has 0 fully saturated rings. The summed E-state index contributed by atoms with van der Waals surface area (Å²) < 4.78 is 27.4. The van der Waals surface area contributed by atoms with Crippen LogP contribution in [-0.4, -0.2) is 30.5 Å². The zero-order chi connectivity index (χ0) is 17.4. The van der Waals surface area contributed by atoms with Crippen LogP contribution in [0.15, 0.2) is 64.5 Å². The van der Waals surface area contributed by atoms with Gasteiger partial charge in [0.25, 0.3) is 0 Å². The van der Waals surface area contributed by atoms with Gasteiger partial charge in [0.15, 0.2) is 5.82 Å². The Bertz CT molecular complexity index is 1070. The van der Waals surface area contributed by atoms with Crippen molar-refractivity contribution in [3.05, 3.63) is 65.7 Å². The predicted octanol–water partition coefficient (Wildman–Crippen LogP) is 3.45. The Balaban J connectivity index is 1.75. The molecule has 0 N–H and O–H groups in total. The zero-order valence-electron chi connectivity index (χ0n) is 13.8. The Hall–Kier alpha value is -2.57. The van der Waals surface area contributed by atoms with Gasteiger partial charge in [0, 0.05) is 30.3 Å². The second kappa shape index (κ2) is 6.06. The highest BCUT2D eigenvalue weighted by molar-refractivity contribution is 7.89. The van der Waals surface area contributed by atoms with E-state index in [1.807, 2.05) is 49.4 Å². The summed E-state index contributed by atoms with van der Waals surface area (Å²) in [4.78, 5) is 9.22. The molecule has 0 aliphatic carbocycles. The van der Waals surface area contributed by atoms with E-state index in [0.29, 0.717) is 10.7 Å². The Morgan fingerprint density at radius 1 is 1.04 bits per heavy atom. The fourth-order valence-corrected chi connectivity index (χ4v) is 4.24. The average Bonchev–Trinajstić information content (AvgIpc) is 2.82. The van der Waals surface area contributed by atoms with Gasteiger partial charge in [0.1, 0.15) is 0 Å². The van der Waals surface area contributed by atoms with E-state index >= 15 is 0 Å². The van der Waals surface area contributed by atoms with Crippen molar-refractivity contribution in [2.24, 2.45) is 4.99 Å². The van der Waals surface area contributed by atoms with E-state index in [1.165, 1.54) is 4.31 Å². The SMILES string of the molecule is Cc1ccc(S(=O)(=O)N2CC=Nc3nc4ccccc4cc3C2)cc1. The molecule has 1 aliphatic rings. The topological polar surface area (TPSA) is 62.6 Å². The highest BCUT2D eigenvalue weighted by atomic mass is 32.2. The molecule has 0 spiro atoms. The van der Waals surface area contributed by atoms with Crippen LogP contribution >= 0.6 is 0 Å². The lowest BCUT2D eigenvalue weighted by Crippen LogP contribution is -2.31. The highest BCUT2D eigenvalue weighted by Gasteiger charge is 2.26. The maximum atomic E-state index is 13.0. The predicted molar refractivity (Wildman–Crippen MR) is 98.7 cm³/mol. The van der Waals surface area contributed by atoms with Gasteiger partial charge in [-0.05, 0) is 31.2 Å². The number of hydrogen-bond donors (Lipinski definition) is 0. The lowest BCUT2D eigenvalue weighted by atomic mass is 10.1. The number of hydrogen-bond acceptors (Lipinski definition) is 4. The van der Waals surface area contributed by atoms with Crippen molar-refractivity contribution in [3.8, 4) is 0 Å². The second-order valence-electron chi connectivity index (χ2n) is 6.09. The van der Waals surface area contributed by atoms with Gasteiger partial charge in [-0.2, -0.15) is 4.31 Å². The van der Waals surface area contributed by atoms with Crippen molar-refractivity contribution >= 4 is 33.0 Å². The number of benzene rings is 2. The van der Waals surface area contributed by atoms with Crippen molar-refractivity contribution in [1.29, 1.82) is 0 Å². The summed E-state index contributed by atoms with van der Waals surface area (Å²) in [6.45, 7) is 2.41. The average molecular weight is 351 g/mol. The minimum absolute atomic E-state index is 0.225. The summed E-state index contributed by atoms with van der Waals surface area (Å²) >= 11 is 0. The Morgan fingerprint density at radius 3 is 2.60 bits per heavy atom. The second-order valence-corrected chi connectivity index (χ2v) is 8.02. The molecule has 1 aromatic heterocycles. The summed E-state index contributed by atoms with van der Waals surface area (Å²) in [5.41, 5.74) is 2.69. The first-order chi connectivity index (χ1) is 12.0. The first-order valence-corrected chi connectivity index (χ1v) is 9.46. The summed E-state index contributed by atoms with van der Waals surface area (Å²) in [6.07, 6.45) is 1.61. The van der Waals surface area contributed by atoms with E-state index < -0.39 is 10.0 Å². The Labute approximate surface area is 146 Å². The molecule has 5 nitrogen and oxygen atoms in total. The highest BCUT2D eigenvalue weighted by Crippen LogP contribution is 2.28. The van der Waals surface area contributed by atoms with Crippen LogP contribution in [0.25, 0.3) is 10.9 Å². The molecule has 2 heterocycles. The van der Waals surface area contributed by atoms with Crippen molar-refractivity contribution in [2.45, 2.75) is 18.4 Å². The van der Waals surface area contributed by atoms with Crippen LogP contribution in [0.4, 0.5) is 5.82 Å². The minimum atomic E-state index is -3.58. The van der Waals surface area contributed by atoms with Crippen LogP contribution < -0.4 is 0 Å². The molecule has 25 heavy (non-hydrogen) atoms. The molecular weight excluding hydrogens is 334 g/mol. The van der Waals surface area contributed by atoms with Crippen LogP contribution in [0.1, 0.15) is 11.1 Å². The van der Waals surface area contributed by atoms with E-state index in [4.69, 9.17) is 0 Å². The molecule has 0 saturated heterocycles. The standard InChI is InChI=1S/C19H17N3O2S/c1-14-6-8-17(9-7-14)25(23,24)22-11-10-20-19-16(13-22)12-15-4-2-3-5-18(15)21-19/h2-10,12H,11,13H2,1H3. The minimum Gasteiger partial charge on any atom is -0.240 e. The van der Waals surface area contributed by atoms with Gasteiger partial charge in [-0.25, -0.2) is 18.4 Å². The van der Waals surface area contributed by atoms with E-state index in [0.717, 1.165) is 22.0 Å². The molecule has 0 bridgehead atoms. The maximum absolute atomic E-state index is 13.0. The van der Waals surface area contributed by atoms with E-state index in [9.17, 15) is 8.42 Å². The molecule has 3 aromatic rings. The molecular formula is C19H17N3O2S. The zero-order valence-corrected chi connectivity index (χ0v) is 14.6. The molecule has 0 saturated carbocycles. The van der Waals surface area contributed by atoms with E-state index in [-0.39, 0.29) is 13.1 Å². The largest absolute Gasteiger partial charge is 0.243 e. The summed E-state index contributed by atoms with van der Waals surface area (Å²) in [6, 6.07) is 16.6. The normalized spacial score (nSPS) is 15.1. The molecule has 2 aromatic carbocycles. The number of nitrogens with zero attached hydrogens (tertiary/aromatic N) is 3. The molecule has 126 valence electrons. The third kappa shape index (κ3) is 2.94. The first kappa shape index (κ1) is 15.9. The quantitative estimate of drug-likeness (QED) is 0.710. The van der Waals surface area contributed by atoms with Gasteiger partial charge < -0.3 is 0 Å². The number of aromatic nitrogens is 1. The van der Waals surface area contributed by atoms with Crippen LogP contribution in [0.2, 0.25) is 0 Å². The number of para-hydroxylation sites is 1. The first-order valence-electron chi connectivity index (χ1n) is 8.02. The molecule has 0 unspecified atom stereocenters. The van der Waals surface area contributed by atoms with E-state index in [1.54, 1.807) is 18.3 Å². The monoisotopic (exact) mass is 351 g/mol. The molecule has 0 atom stereocenters. The number of pyridine rings is 1. The van der Waals surface area contributed by atoms with Crippen molar-refractivity contribution in [2.75, 3.05) is 6.54 Å². The van der Waals surface area contributed by atoms with Crippen molar-refractivity contribution in [3.63, 3.8) is 0 Å². The number of aliphatic imine (C=N–C) groups is 1. The van der Waals surface area contributed by atoms with Crippen LogP contribution in [0.5, 0.6) is 0 Å². The van der Waals surface area contributed by atoms with Crippen LogP contribution in [0.3, 0.4) is 0 Å².